The molecule has 19 heavy (non-hydrogen) atoms. The lowest BCUT2D eigenvalue weighted by Crippen LogP contribution is -2.14. The maximum atomic E-state index is 11.9. The van der Waals surface area contributed by atoms with Crippen LogP contribution in [0, 0.1) is 5.92 Å². The van der Waals surface area contributed by atoms with Crippen LogP contribution >= 0.6 is 0 Å². The predicted octanol–water partition coefficient (Wildman–Crippen LogP) is 3.16. The van der Waals surface area contributed by atoms with E-state index < -0.39 is 17.3 Å². The zero-order chi connectivity index (χ0) is 14.7. The molecule has 0 radical (unpaired) electrons. The normalized spacial score (nSPS) is 15.5. The summed E-state index contributed by atoms with van der Waals surface area (Å²) < 4.78 is 0. The molecule has 2 N–H and O–H groups in total. The van der Waals surface area contributed by atoms with Gasteiger partial charge in [0.05, 0.1) is 0 Å². The summed E-state index contributed by atoms with van der Waals surface area (Å²) in [5, 5.41) is 19.7. The summed E-state index contributed by atoms with van der Waals surface area (Å²) in [4.78, 5) is 23.7. The fourth-order valence-corrected chi connectivity index (χ4v) is 1.86. The molecule has 0 aromatic carbocycles. The standard InChI is InChI=1S/C15H20O4/c1-8(2)5-6-10-13(17)12(15(19)14(10)18)11(16)7-9(3)4/h5,9,17H,6-7H2,1-4H3,(H,18,19). The van der Waals surface area contributed by atoms with Crippen LogP contribution in [0.5, 0.6) is 0 Å². The average Bonchev–Trinajstić information content (AvgIpc) is 2.47. The van der Waals surface area contributed by atoms with Crippen LogP contribution in [0.25, 0.3) is 0 Å². The Kier molecular flexibility index (Phi) is 4.70. The van der Waals surface area contributed by atoms with E-state index in [9.17, 15) is 19.8 Å². The summed E-state index contributed by atoms with van der Waals surface area (Å²) in [6.07, 6.45) is 2.20. The molecular formula is C15H20O4. The fourth-order valence-electron chi connectivity index (χ4n) is 1.86. The Hall–Kier alpha value is -1.84. The molecule has 0 amide bonds. The molecule has 0 heterocycles. The highest BCUT2D eigenvalue weighted by molar-refractivity contribution is 6.28. The van der Waals surface area contributed by atoms with E-state index in [1.165, 1.54) is 0 Å². The van der Waals surface area contributed by atoms with Crippen LogP contribution in [0.15, 0.2) is 34.3 Å². The number of ketones is 2. The molecule has 4 nitrogen and oxygen atoms in total. The van der Waals surface area contributed by atoms with Crippen LogP contribution in [-0.4, -0.2) is 21.8 Å². The van der Waals surface area contributed by atoms with Crippen LogP contribution in [0.4, 0.5) is 0 Å². The van der Waals surface area contributed by atoms with Crippen molar-refractivity contribution in [1.29, 1.82) is 0 Å². The Labute approximate surface area is 113 Å². The molecule has 0 unspecified atom stereocenters. The molecule has 0 saturated heterocycles. The van der Waals surface area contributed by atoms with Gasteiger partial charge in [0.1, 0.15) is 11.3 Å². The fraction of sp³-hybridized carbons (Fsp3) is 0.467. The van der Waals surface area contributed by atoms with Gasteiger partial charge in [-0.05, 0) is 26.2 Å². The number of hydrogen-bond donors (Lipinski definition) is 2. The Bertz CT molecular complexity index is 500. The van der Waals surface area contributed by atoms with Crippen LogP contribution < -0.4 is 0 Å². The molecule has 0 aromatic rings. The number of carbonyl (C=O) groups is 2. The number of hydrogen-bond acceptors (Lipinski definition) is 4. The highest BCUT2D eigenvalue weighted by atomic mass is 16.3. The van der Waals surface area contributed by atoms with E-state index in [0.717, 1.165) is 5.57 Å². The van der Waals surface area contributed by atoms with Crippen molar-refractivity contribution < 1.29 is 19.8 Å². The topological polar surface area (TPSA) is 74.6 Å². The lowest BCUT2D eigenvalue weighted by molar-refractivity contribution is -0.121. The van der Waals surface area contributed by atoms with Gasteiger partial charge < -0.3 is 10.2 Å². The van der Waals surface area contributed by atoms with E-state index >= 15 is 0 Å². The monoisotopic (exact) mass is 264 g/mol. The third kappa shape index (κ3) is 3.34. The van der Waals surface area contributed by atoms with Crippen molar-refractivity contribution in [2.75, 3.05) is 0 Å². The number of rotatable bonds is 5. The van der Waals surface area contributed by atoms with Gasteiger partial charge in [0, 0.05) is 12.0 Å². The second-order valence-corrected chi connectivity index (χ2v) is 5.39. The summed E-state index contributed by atoms with van der Waals surface area (Å²) >= 11 is 0. The number of aliphatic hydroxyl groups is 2. The van der Waals surface area contributed by atoms with Gasteiger partial charge in [0.2, 0.25) is 5.78 Å². The van der Waals surface area contributed by atoms with Gasteiger partial charge in [0.15, 0.2) is 11.5 Å². The van der Waals surface area contributed by atoms with Crippen molar-refractivity contribution in [2.45, 2.75) is 40.5 Å². The Morgan fingerprint density at radius 2 is 1.79 bits per heavy atom. The molecular weight excluding hydrogens is 244 g/mol. The van der Waals surface area contributed by atoms with E-state index in [0.29, 0.717) is 0 Å². The molecule has 0 spiro atoms. The van der Waals surface area contributed by atoms with Gasteiger partial charge in [-0.25, -0.2) is 0 Å². The van der Waals surface area contributed by atoms with E-state index in [4.69, 9.17) is 0 Å². The molecule has 0 aliphatic heterocycles. The van der Waals surface area contributed by atoms with Crippen LogP contribution in [0.2, 0.25) is 0 Å². The molecule has 0 saturated carbocycles. The molecule has 0 bridgehead atoms. The van der Waals surface area contributed by atoms with E-state index in [2.05, 4.69) is 0 Å². The smallest absolute Gasteiger partial charge is 0.235 e. The van der Waals surface area contributed by atoms with Crippen molar-refractivity contribution in [3.8, 4) is 0 Å². The van der Waals surface area contributed by atoms with Crippen LogP contribution in [0.3, 0.4) is 0 Å². The summed E-state index contributed by atoms with van der Waals surface area (Å²) in [5.41, 5.74) is 0.865. The summed E-state index contributed by atoms with van der Waals surface area (Å²) in [6.45, 7) is 7.46. The van der Waals surface area contributed by atoms with Crippen molar-refractivity contribution in [1.82, 2.24) is 0 Å². The van der Waals surface area contributed by atoms with Gasteiger partial charge >= 0.3 is 0 Å². The van der Waals surface area contributed by atoms with E-state index in [-0.39, 0.29) is 35.7 Å². The van der Waals surface area contributed by atoms with Gasteiger partial charge in [-0.1, -0.05) is 25.5 Å². The lowest BCUT2D eigenvalue weighted by atomic mass is 9.99. The first-order valence-corrected chi connectivity index (χ1v) is 6.32. The first-order chi connectivity index (χ1) is 8.75. The minimum Gasteiger partial charge on any atom is -0.507 e. The molecule has 1 aliphatic rings. The minimum absolute atomic E-state index is 0.0876. The first kappa shape index (κ1) is 15.2. The predicted molar refractivity (Wildman–Crippen MR) is 72.8 cm³/mol. The largest absolute Gasteiger partial charge is 0.507 e. The SMILES string of the molecule is CC(C)=CCC1=C(O)C(=O)C(C(=O)CC(C)C)=C1O. The molecule has 1 aliphatic carbocycles. The second-order valence-electron chi connectivity index (χ2n) is 5.39. The van der Waals surface area contributed by atoms with E-state index in [1.54, 1.807) is 6.08 Å². The number of Topliss-reactive ketones (excluding diaryl/α,β-unsaturated/α-hetero) is 2. The van der Waals surface area contributed by atoms with Crippen LogP contribution in [0.1, 0.15) is 40.5 Å². The molecule has 0 fully saturated rings. The molecule has 104 valence electrons. The maximum Gasteiger partial charge on any atom is 0.235 e. The quantitative estimate of drug-likeness (QED) is 0.591. The molecule has 4 heteroatoms. The van der Waals surface area contributed by atoms with Crippen molar-refractivity contribution >= 4 is 11.6 Å². The lowest BCUT2D eigenvalue weighted by Gasteiger charge is -2.04. The third-order valence-electron chi connectivity index (χ3n) is 2.84. The zero-order valence-electron chi connectivity index (χ0n) is 11.8. The minimum atomic E-state index is -0.764. The zero-order valence-corrected chi connectivity index (χ0v) is 11.8. The summed E-state index contributed by atoms with van der Waals surface area (Å²) in [5.74, 6) is -1.98. The molecule has 1 rings (SSSR count). The van der Waals surface area contributed by atoms with Gasteiger partial charge in [0.25, 0.3) is 0 Å². The van der Waals surface area contributed by atoms with Crippen LogP contribution in [-0.2, 0) is 9.59 Å². The molecule has 0 atom stereocenters. The number of allylic oxidation sites excluding steroid dienone is 4. The number of aliphatic hydroxyl groups excluding tert-OH is 2. The van der Waals surface area contributed by atoms with Crippen molar-refractivity contribution in [3.05, 3.63) is 34.3 Å². The van der Waals surface area contributed by atoms with Crippen molar-refractivity contribution in [3.63, 3.8) is 0 Å². The highest BCUT2D eigenvalue weighted by Gasteiger charge is 2.35. The third-order valence-corrected chi connectivity index (χ3v) is 2.84. The Morgan fingerprint density at radius 3 is 2.26 bits per heavy atom. The average molecular weight is 264 g/mol. The van der Waals surface area contributed by atoms with Gasteiger partial charge in [-0.15, -0.1) is 0 Å². The Balaban J connectivity index is 3.06. The molecule has 0 aromatic heterocycles. The number of carbonyl (C=O) groups excluding carboxylic acids is 2. The summed E-state index contributed by atoms with van der Waals surface area (Å²) in [7, 11) is 0. The first-order valence-electron chi connectivity index (χ1n) is 6.32. The van der Waals surface area contributed by atoms with Gasteiger partial charge in [-0.3, -0.25) is 9.59 Å². The Morgan fingerprint density at radius 1 is 1.21 bits per heavy atom. The summed E-state index contributed by atoms with van der Waals surface area (Å²) in [6, 6.07) is 0. The van der Waals surface area contributed by atoms with E-state index in [1.807, 2.05) is 27.7 Å². The maximum absolute atomic E-state index is 11.9. The second kappa shape index (κ2) is 5.87. The van der Waals surface area contributed by atoms with Crippen molar-refractivity contribution in [2.24, 2.45) is 5.92 Å². The highest BCUT2D eigenvalue weighted by Crippen LogP contribution is 2.31. The van der Waals surface area contributed by atoms with Gasteiger partial charge in [-0.2, -0.15) is 0 Å².